The van der Waals surface area contributed by atoms with Gasteiger partial charge in [-0.05, 0) is 48.7 Å². The Balaban J connectivity index is 2.30. The second kappa shape index (κ2) is 6.21. The van der Waals surface area contributed by atoms with E-state index in [2.05, 4.69) is 4.72 Å². The largest absolute Gasteiger partial charge is 0.416 e. The third-order valence-corrected chi connectivity index (χ3v) is 4.94. The topological polar surface area (TPSA) is 46.2 Å². The molecule has 0 heterocycles. The number of benzene rings is 2. The molecule has 0 fully saturated rings. The van der Waals surface area contributed by atoms with Crippen molar-refractivity contribution in [2.24, 2.45) is 0 Å². The summed E-state index contributed by atoms with van der Waals surface area (Å²) in [5.41, 5.74) is -0.719. The number of halogens is 3. The van der Waals surface area contributed by atoms with Crippen LogP contribution in [0.25, 0.3) is 0 Å². The molecular formula is C14H12F3NO2S2. The maximum Gasteiger partial charge on any atom is 0.416 e. The summed E-state index contributed by atoms with van der Waals surface area (Å²) in [6.07, 6.45) is -2.71. The minimum atomic E-state index is -4.59. The Hall–Kier alpha value is -1.67. The predicted octanol–water partition coefficient (Wildman–Crippen LogP) is 4.23. The van der Waals surface area contributed by atoms with E-state index in [0.29, 0.717) is 6.07 Å². The molecule has 0 amide bonds. The van der Waals surface area contributed by atoms with Crippen LogP contribution in [0.4, 0.5) is 18.9 Å². The first-order chi connectivity index (χ1) is 10.2. The van der Waals surface area contributed by atoms with Gasteiger partial charge in [0.25, 0.3) is 10.0 Å². The van der Waals surface area contributed by atoms with Crippen LogP contribution in [0.3, 0.4) is 0 Å². The van der Waals surface area contributed by atoms with E-state index in [9.17, 15) is 21.6 Å². The van der Waals surface area contributed by atoms with Gasteiger partial charge in [-0.2, -0.15) is 13.2 Å². The summed E-state index contributed by atoms with van der Waals surface area (Å²) in [6, 6.07) is 10.2. The van der Waals surface area contributed by atoms with Gasteiger partial charge in [0.2, 0.25) is 0 Å². The first-order valence-corrected chi connectivity index (χ1v) is 8.77. The first-order valence-electron chi connectivity index (χ1n) is 6.06. The van der Waals surface area contributed by atoms with Crippen molar-refractivity contribution in [2.75, 3.05) is 11.0 Å². The fourth-order valence-corrected chi connectivity index (χ4v) is 3.23. The second-order valence-corrected chi connectivity index (χ2v) is 6.92. The van der Waals surface area contributed by atoms with Crippen LogP contribution in [-0.4, -0.2) is 14.7 Å². The van der Waals surface area contributed by atoms with Crippen LogP contribution in [0.1, 0.15) is 5.56 Å². The van der Waals surface area contributed by atoms with Crippen molar-refractivity contribution in [3.05, 3.63) is 54.1 Å². The Bertz CT molecular complexity index is 756. The van der Waals surface area contributed by atoms with E-state index in [1.54, 1.807) is 24.3 Å². The van der Waals surface area contributed by atoms with Crippen LogP contribution >= 0.6 is 11.8 Å². The normalized spacial score (nSPS) is 12.2. The van der Waals surface area contributed by atoms with Crippen molar-refractivity contribution < 1.29 is 21.6 Å². The van der Waals surface area contributed by atoms with Crippen molar-refractivity contribution in [3.63, 3.8) is 0 Å². The smallest absolute Gasteiger partial charge is 0.280 e. The molecule has 0 radical (unpaired) electrons. The quantitative estimate of drug-likeness (QED) is 0.842. The van der Waals surface area contributed by atoms with Crippen molar-refractivity contribution in [2.45, 2.75) is 16.0 Å². The van der Waals surface area contributed by atoms with Crippen LogP contribution < -0.4 is 4.72 Å². The maximum atomic E-state index is 12.6. The highest BCUT2D eigenvalue weighted by Gasteiger charge is 2.31. The molecule has 0 spiro atoms. The van der Waals surface area contributed by atoms with Crippen molar-refractivity contribution >= 4 is 27.5 Å². The number of nitrogens with one attached hydrogen (secondary N) is 1. The third-order valence-electron chi connectivity index (χ3n) is 2.81. The van der Waals surface area contributed by atoms with Crippen LogP contribution in [0, 0.1) is 0 Å². The van der Waals surface area contributed by atoms with Gasteiger partial charge in [-0.15, -0.1) is 11.8 Å². The Kier molecular flexibility index (Phi) is 4.72. The van der Waals surface area contributed by atoms with E-state index in [1.165, 1.54) is 11.8 Å². The van der Waals surface area contributed by atoms with Gasteiger partial charge >= 0.3 is 6.18 Å². The standard InChI is InChI=1S/C14H12F3NO2S2/c1-21-12-7-5-11(6-8-12)18-22(19,20)13-4-2-3-10(9-13)14(15,16)17/h2-9,18H,1H3. The number of hydrogen-bond donors (Lipinski definition) is 1. The molecule has 0 unspecified atom stereocenters. The summed E-state index contributed by atoms with van der Waals surface area (Å²) in [4.78, 5) is 0.512. The minimum absolute atomic E-state index is 0.287. The number of thioether (sulfide) groups is 1. The molecule has 0 aliphatic heterocycles. The van der Waals surface area contributed by atoms with Gasteiger partial charge in [0.05, 0.1) is 10.5 Å². The Morgan fingerprint density at radius 2 is 1.68 bits per heavy atom. The van der Waals surface area contributed by atoms with Crippen molar-refractivity contribution in [1.29, 1.82) is 0 Å². The zero-order valence-electron chi connectivity index (χ0n) is 11.4. The molecule has 0 aromatic heterocycles. The van der Waals surface area contributed by atoms with E-state index >= 15 is 0 Å². The fraction of sp³-hybridized carbons (Fsp3) is 0.143. The molecule has 2 rings (SSSR count). The van der Waals surface area contributed by atoms with Crippen LogP contribution in [0.15, 0.2) is 58.3 Å². The third kappa shape index (κ3) is 3.95. The lowest BCUT2D eigenvalue weighted by Gasteiger charge is -2.11. The number of rotatable bonds is 4. The lowest BCUT2D eigenvalue weighted by Crippen LogP contribution is -2.14. The molecular weight excluding hydrogens is 335 g/mol. The number of hydrogen-bond acceptors (Lipinski definition) is 3. The highest BCUT2D eigenvalue weighted by molar-refractivity contribution is 7.98. The lowest BCUT2D eigenvalue weighted by atomic mass is 10.2. The van der Waals surface area contributed by atoms with E-state index in [0.717, 1.165) is 23.1 Å². The van der Waals surface area contributed by atoms with Gasteiger partial charge in [-0.1, -0.05) is 6.07 Å². The molecule has 0 aliphatic carbocycles. The van der Waals surface area contributed by atoms with Gasteiger partial charge in [-0.3, -0.25) is 4.72 Å². The predicted molar refractivity (Wildman–Crippen MR) is 80.5 cm³/mol. The Morgan fingerprint density at radius 1 is 1.05 bits per heavy atom. The number of sulfonamides is 1. The molecule has 8 heteroatoms. The molecule has 22 heavy (non-hydrogen) atoms. The van der Waals surface area contributed by atoms with Gasteiger partial charge in [0.15, 0.2) is 0 Å². The van der Waals surface area contributed by atoms with E-state index in [4.69, 9.17) is 0 Å². The maximum absolute atomic E-state index is 12.6. The highest BCUT2D eigenvalue weighted by Crippen LogP contribution is 2.31. The van der Waals surface area contributed by atoms with Gasteiger partial charge in [0.1, 0.15) is 0 Å². The summed E-state index contributed by atoms with van der Waals surface area (Å²) in [5.74, 6) is 0. The van der Waals surface area contributed by atoms with E-state index in [1.807, 2.05) is 6.26 Å². The number of anilines is 1. The van der Waals surface area contributed by atoms with Crippen molar-refractivity contribution in [1.82, 2.24) is 0 Å². The van der Waals surface area contributed by atoms with Crippen LogP contribution in [-0.2, 0) is 16.2 Å². The molecule has 3 nitrogen and oxygen atoms in total. The molecule has 0 bridgehead atoms. The molecule has 1 N–H and O–H groups in total. The minimum Gasteiger partial charge on any atom is -0.280 e. The lowest BCUT2D eigenvalue weighted by molar-refractivity contribution is -0.137. The zero-order chi connectivity index (χ0) is 16.4. The summed E-state index contributed by atoms with van der Waals surface area (Å²) in [6.45, 7) is 0. The van der Waals surface area contributed by atoms with Crippen molar-refractivity contribution in [3.8, 4) is 0 Å². The molecule has 0 aliphatic rings. The van der Waals surface area contributed by atoms with Gasteiger partial charge in [0, 0.05) is 10.6 Å². The molecule has 0 atom stereocenters. The zero-order valence-corrected chi connectivity index (χ0v) is 13.0. The molecule has 118 valence electrons. The van der Waals surface area contributed by atoms with Gasteiger partial charge < -0.3 is 0 Å². The average molecular weight is 347 g/mol. The molecule has 0 saturated carbocycles. The highest BCUT2D eigenvalue weighted by atomic mass is 32.2. The second-order valence-electron chi connectivity index (χ2n) is 4.36. The Morgan fingerprint density at radius 3 is 2.23 bits per heavy atom. The van der Waals surface area contributed by atoms with E-state index in [-0.39, 0.29) is 5.69 Å². The summed E-state index contributed by atoms with van der Waals surface area (Å²) >= 11 is 1.49. The monoisotopic (exact) mass is 347 g/mol. The van der Waals surface area contributed by atoms with Gasteiger partial charge in [-0.25, -0.2) is 8.42 Å². The summed E-state index contributed by atoms with van der Waals surface area (Å²) < 4.78 is 64.5. The first kappa shape index (κ1) is 16.7. The molecule has 0 saturated heterocycles. The fourth-order valence-electron chi connectivity index (χ4n) is 1.71. The summed E-state index contributed by atoms with van der Waals surface area (Å²) in [5, 5.41) is 0. The SMILES string of the molecule is CSc1ccc(NS(=O)(=O)c2cccc(C(F)(F)F)c2)cc1. The molecule has 2 aromatic rings. The van der Waals surface area contributed by atoms with Crippen LogP contribution in [0.2, 0.25) is 0 Å². The molecule has 2 aromatic carbocycles. The average Bonchev–Trinajstić information content (AvgIpc) is 2.47. The van der Waals surface area contributed by atoms with Crippen LogP contribution in [0.5, 0.6) is 0 Å². The summed E-state index contributed by atoms with van der Waals surface area (Å²) in [7, 11) is -4.07. The van der Waals surface area contributed by atoms with E-state index < -0.39 is 26.7 Å². The Labute approximate surface area is 130 Å². The number of alkyl halides is 3.